The van der Waals surface area contributed by atoms with Crippen LogP contribution in [0, 0.1) is 12.8 Å². The van der Waals surface area contributed by atoms with Crippen molar-refractivity contribution in [3.63, 3.8) is 0 Å². The molecule has 0 aromatic carbocycles. The van der Waals surface area contributed by atoms with Gasteiger partial charge < -0.3 is 10.7 Å². The number of hydrogen-bond acceptors (Lipinski definition) is 5. The lowest BCUT2D eigenvalue weighted by Crippen LogP contribution is -2.18. The summed E-state index contributed by atoms with van der Waals surface area (Å²) >= 11 is 0. The third-order valence-corrected chi connectivity index (χ3v) is 3.53. The van der Waals surface area contributed by atoms with Crippen molar-refractivity contribution in [2.45, 2.75) is 53.4 Å². The second-order valence-electron chi connectivity index (χ2n) is 5.27. The molecule has 108 valence electrons. The van der Waals surface area contributed by atoms with Crippen LogP contribution in [0.25, 0.3) is 0 Å². The average Bonchev–Trinajstić information content (AvgIpc) is 2.41. The number of rotatable bonds is 7. The molecular formula is C14H27N5. The molecule has 5 nitrogen and oxygen atoms in total. The van der Waals surface area contributed by atoms with Crippen LogP contribution in [0.1, 0.15) is 57.8 Å². The summed E-state index contributed by atoms with van der Waals surface area (Å²) in [6.45, 7) is 11.5. The van der Waals surface area contributed by atoms with Crippen LogP contribution >= 0.6 is 0 Å². The number of anilines is 2. The Morgan fingerprint density at radius 1 is 1.11 bits per heavy atom. The molecule has 0 amide bonds. The van der Waals surface area contributed by atoms with Crippen molar-refractivity contribution in [3.05, 3.63) is 11.4 Å². The van der Waals surface area contributed by atoms with Gasteiger partial charge in [0.15, 0.2) is 0 Å². The van der Waals surface area contributed by atoms with Gasteiger partial charge in [-0.25, -0.2) is 15.8 Å². The Labute approximate surface area is 116 Å². The number of hydrogen-bond donors (Lipinski definition) is 3. The van der Waals surface area contributed by atoms with E-state index in [1.54, 1.807) is 0 Å². The number of nitrogens with two attached hydrogens (primary N) is 1. The standard InChI is InChI=1S/C14H27N5/c1-6-11(7-2)8-16-13-10(5)14(19-15)18-12(17-13)9(3)4/h9,11H,6-8,15H2,1-5H3,(H2,16,17,18,19). The van der Waals surface area contributed by atoms with Crippen LogP contribution in [0.3, 0.4) is 0 Å². The van der Waals surface area contributed by atoms with Crippen molar-refractivity contribution < 1.29 is 0 Å². The maximum atomic E-state index is 5.53. The number of hydrazine groups is 1. The van der Waals surface area contributed by atoms with Gasteiger partial charge in [0, 0.05) is 18.0 Å². The molecule has 4 N–H and O–H groups in total. The second kappa shape index (κ2) is 7.28. The third-order valence-electron chi connectivity index (χ3n) is 3.53. The first-order valence-corrected chi connectivity index (χ1v) is 7.12. The molecule has 1 heterocycles. The highest BCUT2D eigenvalue weighted by molar-refractivity contribution is 5.56. The van der Waals surface area contributed by atoms with E-state index < -0.39 is 0 Å². The van der Waals surface area contributed by atoms with E-state index in [9.17, 15) is 0 Å². The molecule has 0 fully saturated rings. The minimum Gasteiger partial charge on any atom is -0.369 e. The van der Waals surface area contributed by atoms with Gasteiger partial charge in [-0.15, -0.1) is 0 Å². The van der Waals surface area contributed by atoms with Gasteiger partial charge in [-0.1, -0.05) is 40.5 Å². The quantitative estimate of drug-likeness (QED) is 0.522. The van der Waals surface area contributed by atoms with Crippen LogP contribution in [0.2, 0.25) is 0 Å². The van der Waals surface area contributed by atoms with Gasteiger partial charge in [-0.2, -0.15) is 0 Å². The van der Waals surface area contributed by atoms with Crippen LogP contribution in [-0.2, 0) is 0 Å². The van der Waals surface area contributed by atoms with Gasteiger partial charge in [0.25, 0.3) is 0 Å². The van der Waals surface area contributed by atoms with Gasteiger partial charge in [0.1, 0.15) is 17.5 Å². The Kier molecular flexibility index (Phi) is 6.02. The Morgan fingerprint density at radius 2 is 1.68 bits per heavy atom. The molecule has 19 heavy (non-hydrogen) atoms. The molecule has 1 rings (SSSR count). The minimum absolute atomic E-state index is 0.279. The first-order valence-electron chi connectivity index (χ1n) is 7.12. The van der Waals surface area contributed by atoms with E-state index in [4.69, 9.17) is 5.84 Å². The SMILES string of the molecule is CCC(CC)CNc1nc(C(C)C)nc(NN)c1C. The molecule has 0 saturated heterocycles. The summed E-state index contributed by atoms with van der Waals surface area (Å²) in [6.07, 6.45) is 2.35. The van der Waals surface area contributed by atoms with E-state index in [0.29, 0.717) is 11.7 Å². The van der Waals surface area contributed by atoms with Gasteiger partial charge in [0.2, 0.25) is 0 Å². The van der Waals surface area contributed by atoms with E-state index in [2.05, 4.69) is 48.4 Å². The van der Waals surface area contributed by atoms with Gasteiger partial charge in [-0.3, -0.25) is 0 Å². The van der Waals surface area contributed by atoms with E-state index in [-0.39, 0.29) is 5.92 Å². The first-order chi connectivity index (χ1) is 9.03. The van der Waals surface area contributed by atoms with Crippen LogP contribution in [0.4, 0.5) is 11.6 Å². The minimum atomic E-state index is 0.279. The summed E-state index contributed by atoms with van der Waals surface area (Å²) in [4.78, 5) is 9.03. The van der Waals surface area contributed by atoms with Crippen LogP contribution < -0.4 is 16.6 Å². The highest BCUT2D eigenvalue weighted by Gasteiger charge is 2.13. The molecule has 1 aromatic rings. The lowest BCUT2D eigenvalue weighted by molar-refractivity contribution is 0.518. The van der Waals surface area contributed by atoms with Crippen LogP contribution in [0.5, 0.6) is 0 Å². The first kappa shape index (κ1) is 15.7. The summed E-state index contributed by atoms with van der Waals surface area (Å²) in [7, 11) is 0. The number of nitrogen functional groups attached to an aromatic ring is 1. The Bertz CT molecular complexity index is 399. The molecular weight excluding hydrogens is 238 g/mol. The van der Waals surface area contributed by atoms with Gasteiger partial charge in [0.05, 0.1) is 0 Å². The van der Waals surface area contributed by atoms with E-state index >= 15 is 0 Å². The van der Waals surface area contributed by atoms with Crippen LogP contribution in [0.15, 0.2) is 0 Å². The molecule has 1 aromatic heterocycles. The third kappa shape index (κ3) is 4.06. The molecule has 0 radical (unpaired) electrons. The zero-order valence-corrected chi connectivity index (χ0v) is 12.7. The number of nitrogens with zero attached hydrogens (tertiary/aromatic N) is 2. The Balaban J connectivity index is 2.95. The monoisotopic (exact) mass is 265 g/mol. The smallest absolute Gasteiger partial charge is 0.148 e. The summed E-state index contributed by atoms with van der Waals surface area (Å²) < 4.78 is 0. The zero-order valence-electron chi connectivity index (χ0n) is 12.7. The fourth-order valence-corrected chi connectivity index (χ4v) is 1.92. The van der Waals surface area contributed by atoms with Crippen molar-refractivity contribution >= 4 is 11.6 Å². The maximum absolute atomic E-state index is 5.53. The highest BCUT2D eigenvalue weighted by atomic mass is 15.3. The molecule has 5 heteroatoms. The van der Waals surface area contributed by atoms with Crippen molar-refractivity contribution in [1.29, 1.82) is 0 Å². The van der Waals surface area contributed by atoms with Gasteiger partial charge in [-0.05, 0) is 12.8 Å². The molecule has 0 spiro atoms. The number of nitrogens with one attached hydrogen (secondary N) is 2. The lowest BCUT2D eigenvalue weighted by atomic mass is 10.0. The predicted molar refractivity (Wildman–Crippen MR) is 81.2 cm³/mol. The summed E-state index contributed by atoms with van der Waals surface area (Å²) in [5.74, 6) is 8.88. The highest BCUT2D eigenvalue weighted by Crippen LogP contribution is 2.23. The molecule has 0 aliphatic heterocycles. The van der Waals surface area contributed by atoms with E-state index in [0.717, 1.165) is 23.8 Å². The Hall–Kier alpha value is -1.36. The van der Waals surface area contributed by atoms with Crippen LogP contribution in [-0.4, -0.2) is 16.5 Å². The normalized spacial score (nSPS) is 11.2. The lowest BCUT2D eigenvalue weighted by Gasteiger charge is -2.18. The second-order valence-corrected chi connectivity index (χ2v) is 5.27. The molecule has 0 aliphatic carbocycles. The van der Waals surface area contributed by atoms with E-state index in [1.165, 1.54) is 12.8 Å². The molecule has 0 saturated carbocycles. The van der Waals surface area contributed by atoms with E-state index in [1.807, 2.05) is 6.92 Å². The maximum Gasteiger partial charge on any atom is 0.148 e. The fraction of sp³-hybridized carbons (Fsp3) is 0.714. The average molecular weight is 265 g/mol. The summed E-state index contributed by atoms with van der Waals surface area (Å²) in [6, 6.07) is 0. The number of aromatic nitrogens is 2. The predicted octanol–water partition coefficient (Wildman–Crippen LogP) is 3.04. The Morgan fingerprint density at radius 3 is 2.16 bits per heavy atom. The summed E-state index contributed by atoms with van der Waals surface area (Å²) in [5.41, 5.74) is 3.63. The molecule has 0 bridgehead atoms. The largest absolute Gasteiger partial charge is 0.369 e. The molecule has 0 atom stereocenters. The molecule has 0 unspecified atom stereocenters. The van der Waals surface area contributed by atoms with Crippen molar-refractivity contribution in [3.8, 4) is 0 Å². The van der Waals surface area contributed by atoms with Crippen molar-refractivity contribution in [2.75, 3.05) is 17.3 Å². The fourth-order valence-electron chi connectivity index (χ4n) is 1.92. The van der Waals surface area contributed by atoms with Gasteiger partial charge >= 0.3 is 0 Å². The zero-order chi connectivity index (χ0) is 14.4. The molecule has 0 aliphatic rings. The topological polar surface area (TPSA) is 75.9 Å². The van der Waals surface area contributed by atoms with Crippen molar-refractivity contribution in [2.24, 2.45) is 11.8 Å². The van der Waals surface area contributed by atoms with Crippen molar-refractivity contribution in [1.82, 2.24) is 9.97 Å². The summed E-state index contributed by atoms with van der Waals surface area (Å²) in [5, 5.41) is 3.44.